The molecular formula is C20H22ClNO. The Morgan fingerprint density at radius 2 is 2.04 bits per heavy atom. The van der Waals surface area contributed by atoms with E-state index in [1.165, 1.54) is 16.7 Å². The summed E-state index contributed by atoms with van der Waals surface area (Å²) in [5.74, 6) is 0.941. The van der Waals surface area contributed by atoms with Crippen LogP contribution < -0.4 is 10.1 Å². The van der Waals surface area contributed by atoms with Crippen LogP contribution in [-0.4, -0.2) is 13.2 Å². The molecule has 2 aromatic rings. The second kappa shape index (κ2) is 7.56. The van der Waals surface area contributed by atoms with E-state index in [0.717, 1.165) is 42.3 Å². The number of benzene rings is 2. The van der Waals surface area contributed by atoms with E-state index in [0.29, 0.717) is 6.61 Å². The summed E-state index contributed by atoms with van der Waals surface area (Å²) in [4.78, 5) is 0. The van der Waals surface area contributed by atoms with Gasteiger partial charge < -0.3 is 10.1 Å². The van der Waals surface area contributed by atoms with Crippen LogP contribution in [0.5, 0.6) is 5.75 Å². The van der Waals surface area contributed by atoms with E-state index in [9.17, 15) is 0 Å². The van der Waals surface area contributed by atoms with Crippen molar-refractivity contribution in [1.82, 2.24) is 0 Å². The van der Waals surface area contributed by atoms with Crippen LogP contribution in [-0.2, 0) is 6.42 Å². The van der Waals surface area contributed by atoms with Gasteiger partial charge in [-0.05, 0) is 67.2 Å². The summed E-state index contributed by atoms with van der Waals surface area (Å²) in [5.41, 5.74) is 4.97. The van der Waals surface area contributed by atoms with Crippen molar-refractivity contribution in [3.05, 3.63) is 70.3 Å². The summed E-state index contributed by atoms with van der Waals surface area (Å²) < 4.78 is 5.97. The predicted octanol–water partition coefficient (Wildman–Crippen LogP) is 5.40. The molecular weight excluding hydrogens is 306 g/mol. The average molecular weight is 328 g/mol. The fraction of sp³-hybridized carbons (Fsp3) is 0.300. The van der Waals surface area contributed by atoms with Crippen molar-refractivity contribution in [1.29, 1.82) is 0 Å². The van der Waals surface area contributed by atoms with Crippen molar-refractivity contribution in [2.75, 3.05) is 18.5 Å². The third-order valence-electron chi connectivity index (χ3n) is 4.08. The fourth-order valence-electron chi connectivity index (χ4n) is 2.83. The van der Waals surface area contributed by atoms with E-state index in [1.807, 2.05) is 24.3 Å². The summed E-state index contributed by atoms with van der Waals surface area (Å²) in [6.45, 7) is 3.62. The van der Waals surface area contributed by atoms with Crippen molar-refractivity contribution in [2.24, 2.45) is 0 Å². The number of hydrogen-bond donors (Lipinski definition) is 1. The molecule has 1 aliphatic heterocycles. The molecule has 3 heteroatoms. The first-order valence-corrected chi connectivity index (χ1v) is 8.48. The van der Waals surface area contributed by atoms with Gasteiger partial charge in [0, 0.05) is 11.6 Å². The lowest BCUT2D eigenvalue weighted by Crippen LogP contribution is -2.11. The standard InChI is InChI=1S/C20H22ClNO/c1-15-8-9-20-19(12-15)22-11-10-17(14-23-20)6-2-4-16-5-3-7-18(21)13-16/h3,5,7-10,12-13,22H,2,4,6,11,14H2,1H3/b17-10-. The van der Waals surface area contributed by atoms with Crippen LogP contribution in [0.2, 0.25) is 5.02 Å². The normalized spacial score (nSPS) is 16.2. The molecule has 2 nitrogen and oxygen atoms in total. The molecule has 23 heavy (non-hydrogen) atoms. The maximum atomic E-state index is 6.03. The van der Waals surface area contributed by atoms with E-state index >= 15 is 0 Å². The van der Waals surface area contributed by atoms with Gasteiger partial charge in [0.25, 0.3) is 0 Å². The number of anilines is 1. The van der Waals surface area contributed by atoms with Gasteiger partial charge in [0.05, 0.1) is 5.69 Å². The van der Waals surface area contributed by atoms with Crippen LogP contribution in [0.3, 0.4) is 0 Å². The second-order valence-corrected chi connectivity index (χ2v) is 6.45. The summed E-state index contributed by atoms with van der Waals surface area (Å²) in [5, 5.41) is 4.24. The molecule has 0 unspecified atom stereocenters. The van der Waals surface area contributed by atoms with Crippen LogP contribution >= 0.6 is 11.6 Å². The molecule has 1 heterocycles. The van der Waals surface area contributed by atoms with Gasteiger partial charge in [-0.1, -0.05) is 35.9 Å². The fourth-order valence-corrected chi connectivity index (χ4v) is 3.04. The summed E-state index contributed by atoms with van der Waals surface area (Å²) in [6.07, 6.45) is 5.45. The van der Waals surface area contributed by atoms with Crippen molar-refractivity contribution in [2.45, 2.75) is 26.2 Å². The van der Waals surface area contributed by atoms with E-state index in [1.54, 1.807) is 0 Å². The van der Waals surface area contributed by atoms with Crippen molar-refractivity contribution < 1.29 is 4.74 Å². The Hall–Kier alpha value is -1.93. The highest BCUT2D eigenvalue weighted by atomic mass is 35.5. The monoisotopic (exact) mass is 327 g/mol. The maximum absolute atomic E-state index is 6.03. The van der Waals surface area contributed by atoms with Gasteiger partial charge in [-0.25, -0.2) is 0 Å². The molecule has 0 amide bonds. The lowest BCUT2D eigenvalue weighted by Gasteiger charge is -2.18. The minimum absolute atomic E-state index is 0.674. The van der Waals surface area contributed by atoms with Crippen molar-refractivity contribution >= 4 is 17.3 Å². The number of halogens is 1. The first kappa shape index (κ1) is 15.9. The molecule has 0 saturated heterocycles. The molecule has 0 fully saturated rings. The number of hydrogen-bond acceptors (Lipinski definition) is 2. The Morgan fingerprint density at radius 1 is 1.13 bits per heavy atom. The molecule has 0 aromatic heterocycles. The lowest BCUT2D eigenvalue weighted by molar-refractivity contribution is 0.346. The van der Waals surface area contributed by atoms with Crippen LogP contribution in [0.4, 0.5) is 5.69 Å². The van der Waals surface area contributed by atoms with Gasteiger partial charge >= 0.3 is 0 Å². The maximum Gasteiger partial charge on any atom is 0.142 e. The highest BCUT2D eigenvalue weighted by Crippen LogP contribution is 2.27. The van der Waals surface area contributed by atoms with Gasteiger partial charge in [0.1, 0.15) is 12.4 Å². The molecule has 0 spiro atoms. The zero-order chi connectivity index (χ0) is 16.1. The number of ether oxygens (including phenoxy) is 1. The number of aryl methyl sites for hydroxylation is 2. The highest BCUT2D eigenvalue weighted by molar-refractivity contribution is 6.30. The molecule has 1 aliphatic rings. The molecule has 0 aliphatic carbocycles. The van der Waals surface area contributed by atoms with Gasteiger partial charge in [0.15, 0.2) is 0 Å². The number of fused-ring (bicyclic) bond motifs is 1. The van der Waals surface area contributed by atoms with Crippen molar-refractivity contribution in [3.63, 3.8) is 0 Å². The Morgan fingerprint density at radius 3 is 2.91 bits per heavy atom. The quantitative estimate of drug-likeness (QED) is 0.759. The summed E-state index contributed by atoms with van der Waals surface area (Å²) >= 11 is 6.03. The molecule has 120 valence electrons. The Bertz CT molecular complexity index is 709. The zero-order valence-corrected chi connectivity index (χ0v) is 14.2. The number of rotatable bonds is 4. The first-order valence-electron chi connectivity index (χ1n) is 8.10. The average Bonchev–Trinajstić information content (AvgIpc) is 2.51. The second-order valence-electron chi connectivity index (χ2n) is 6.02. The molecule has 2 aromatic carbocycles. The smallest absolute Gasteiger partial charge is 0.142 e. The minimum Gasteiger partial charge on any atom is -0.487 e. The SMILES string of the molecule is Cc1ccc2c(c1)NC/C=C(/CCCc1cccc(Cl)c1)CO2. The number of nitrogens with one attached hydrogen (secondary N) is 1. The molecule has 0 radical (unpaired) electrons. The lowest BCUT2D eigenvalue weighted by atomic mass is 10.0. The minimum atomic E-state index is 0.674. The molecule has 3 rings (SSSR count). The van der Waals surface area contributed by atoms with Crippen LogP contribution in [0.1, 0.15) is 24.0 Å². The van der Waals surface area contributed by atoms with Crippen LogP contribution in [0.15, 0.2) is 54.1 Å². The predicted molar refractivity (Wildman–Crippen MR) is 97.6 cm³/mol. The summed E-state index contributed by atoms with van der Waals surface area (Å²) in [6, 6.07) is 14.4. The first-order chi connectivity index (χ1) is 11.2. The molecule has 0 atom stereocenters. The zero-order valence-electron chi connectivity index (χ0n) is 13.4. The molecule has 0 bridgehead atoms. The van der Waals surface area contributed by atoms with E-state index < -0.39 is 0 Å². The van der Waals surface area contributed by atoms with E-state index in [4.69, 9.17) is 16.3 Å². The van der Waals surface area contributed by atoms with Gasteiger partial charge in [-0.2, -0.15) is 0 Å². The van der Waals surface area contributed by atoms with Gasteiger partial charge in [-0.15, -0.1) is 0 Å². The Labute approximate surface area is 143 Å². The summed E-state index contributed by atoms with van der Waals surface area (Å²) in [7, 11) is 0. The Balaban J connectivity index is 1.54. The molecule has 0 saturated carbocycles. The van der Waals surface area contributed by atoms with Crippen LogP contribution in [0.25, 0.3) is 0 Å². The molecule has 1 N–H and O–H groups in total. The largest absolute Gasteiger partial charge is 0.487 e. The third-order valence-corrected chi connectivity index (χ3v) is 4.32. The van der Waals surface area contributed by atoms with Crippen molar-refractivity contribution in [3.8, 4) is 5.75 Å². The van der Waals surface area contributed by atoms with Gasteiger partial charge in [-0.3, -0.25) is 0 Å². The van der Waals surface area contributed by atoms with Gasteiger partial charge in [0.2, 0.25) is 0 Å². The highest BCUT2D eigenvalue weighted by Gasteiger charge is 2.08. The third kappa shape index (κ3) is 4.52. The van der Waals surface area contributed by atoms with Crippen LogP contribution in [0, 0.1) is 6.92 Å². The van der Waals surface area contributed by atoms with E-state index in [2.05, 4.69) is 36.5 Å². The topological polar surface area (TPSA) is 21.3 Å². The van der Waals surface area contributed by atoms with E-state index in [-0.39, 0.29) is 0 Å². The Kier molecular flexibility index (Phi) is 5.24.